The monoisotopic (exact) mass is 402 g/mol. The number of amides is 1. The van der Waals surface area contributed by atoms with Crippen molar-refractivity contribution in [3.63, 3.8) is 0 Å². The van der Waals surface area contributed by atoms with Gasteiger partial charge in [0.2, 0.25) is 0 Å². The maximum atomic E-state index is 13.3. The second kappa shape index (κ2) is 7.77. The molecule has 0 unspecified atom stereocenters. The van der Waals surface area contributed by atoms with E-state index in [-0.39, 0.29) is 16.1 Å². The quantitative estimate of drug-likeness (QED) is 0.667. The molecule has 5 nitrogen and oxygen atoms in total. The Bertz CT molecular complexity index is 1130. The minimum atomic E-state index is -3.92. The summed E-state index contributed by atoms with van der Waals surface area (Å²) in [6.07, 6.45) is 0. The van der Waals surface area contributed by atoms with Gasteiger partial charge < -0.3 is 5.32 Å². The van der Waals surface area contributed by atoms with Crippen LogP contribution in [0.1, 0.15) is 15.9 Å². The van der Waals surface area contributed by atoms with Crippen LogP contribution in [0, 0.1) is 18.6 Å². The van der Waals surface area contributed by atoms with Crippen molar-refractivity contribution in [2.24, 2.45) is 0 Å². The van der Waals surface area contributed by atoms with E-state index in [1.807, 2.05) is 0 Å². The number of carbonyl (C=O) groups is 1. The van der Waals surface area contributed by atoms with Crippen LogP contribution >= 0.6 is 0 Å². The molecule has 0 heterocycles. The molecule has 3 aromatic carbocycles. The molecule has 3 rings (SSSR count). The zero-order valence-electron chi connectivity index (χ0n) is 14.7. The summed E-state index contributed by atoms with van der Waals surface area (Å²) >= 11 is 0. The van der Waals surface area contributed by atoms with Gasteiger partial charge in [0.05, 0.1) is 4.90 Å². The lowest BCUT2D eigenvalue weighted by Crippen LogP contribution is -2.17. The molecule has 0 aliphatic heterocycles. The molecule has 144 valence electrons. The first-order valence-corrected chi connectivity index (χ1v) is 9.69. The number of carbonyl (C=O) groups excluding carboxylic acids is 1. The first-order chi connectivity index (χ1) is 13.3. The third-order valence-corrected chi connectivity index (χ3v) is 5.47. The molecule has 0 aliphatic carbocycles. The van der Waals surface area contributed by atoms with Crippen molar-refractivity contribution in [3.05, 3.63) is 89.5 Å². The highest BCUT2D eigenvalue weighted by molar-refractivity contribution is 7.92. The van der Waals surface area contributed by atoms with Crippen molar-refractivity contribution < 1.29 is 22.0 Å². The van der Waals surface area contributed by atoms with Crippen LogP contribution in [0.2, 0.25) is 0 Å². The second-order valence-corrected chi connectivity index (χ2v) is 7.69. The van der Waals surface area contributed by atoms with Gasteiger partial charge in [-0.2, -0.15) is 0 Å². The molecule has 0 aliphatic rings. The number of benzene rings is 3. The van der Waals surface area contributed by atoms with Crippen molar-refractivity contribution >= 4 is 27.3 Å². The molecule has 8 heteroatoms. The van der Waals surface area contributed by atoms with E-state index in [9.17, 15) is 22.0 Å². The number of para-hydroxylation sites is 1. The predicted octanol–water partition coefficient (Wildman–Crippen LogP) is 4.33. The molecule has 0 saturated carbocycles. The highest BCUT2D eigenvalue weighted by Crippen LogP contribution is 2.22. The Hall–Kier alpha value is -3.26. The van der Waals surface area contributed by atoms with Crippen molar-refractivity contribution in [1.82, 2.24) is 0 Å². The molecular formula is C20H16F2N2O3S. The summed E-state index contributed by atoms with van der Waals surface area (Å²) in [5.74, 6) is -2.78. The van der Waals surface area contributed by atoms with E-state index in [2.05, 4.69) is 10.0 Å². The third kappa shape index (κ3) is 4.34. The van der Waals surface area contributed by atoms with Crippen LogP contribution in [0.25, 0.3) is 0 Å². The van der Waals surface area contributed by atoms with Gasteiger partial charge >= 0.3 is 0 Å². The van der Waals surface area contributed by atoms with E-state index >= 15 is 0 Å². The number of anilines is 2. The Morgan fingerprint density at radius 1 is 0.857 bits per heavy atom. The van der Waals surface area contributed by atoms with E-state index in [0.29, 0.717) is 11.3 Å². The zero-order valence-corrected chi connectivity index (χ0v) is 15.6. The van der Waals surface area contributed by atoms with Gasteiger partial charge in [-0.05, 0) is 48.9 Å². The zero-order chi connectivity index (χ0) is 20.3. The first kappa shape index (κ1) is 19.5. The molecular weight excluding hydrogens is 386 g/mol. The molecule has 0 spiro atoms. The maximum Gasteiger partial charge on any atom is 0.262 e. The fraction of sp³-hybridized carbons (Fsp3) is 0.0500. The van der Waals surface area contributed by atoms with Gasteiger partial charge in [0, 0.05) is 23.0 Å². The van der Waals surface area contributed by atoms with Crippen LogP contribution in [-0.2, 0) is 10.0 Å². The minimum Gasteiger partial charge on any atom is -0.322 e. The van der Waals surface area contributed by atoms with Crippen molar-refractivity contribution in [2.75, 3.05) is 10.0 Å². The average Bonchev–Trinajstić information content (AvgIpc) is 2.65. The van der Waals surface area contributed by atoms with Crippen molar-refractivity contribution in [1.29, 1.82) is 0 Å². The smallest absolute Gasteiger partial charge is 0.262 e. The SMILES string of the molecule is Cc1ccc(C(=O)Nc2ccc(F)c(F)c2)cc1S(=O)(=O)Nc1ccccc1. The van der Waals surface area contributed by atoms with Crippen molar-refractivity contribution in [2.45, 2.75) is 11.8 Å². The standard InChI is InChI=1S/C20H16F2N2O3S/c1-13-7-8-14(20(25)23-16-9-10-17(21)18(22)12-16)11-19(13)28(26,27)24-15-5-3-2-4-6-15/h2-12,24H,1H3,(H,23,25). The van der Waals surface area contributed by atoms with E-state index < -0.39 is 27.6 Å². The van der Waals surface area contributed by atoms with Crippen LogP contribution in [0.4, 0.5) is 20.2 Å². The van der Waals surface area contributed by atoms with Crippen LogP contribution in [0.3, 0.4) is 0 Å². The fourth-order valence-corrected chi connectivity index (χ4v) is 3.85. The molecule has 3 aromatic rings. The number of nitrogens with one attached hydrogen (secondary N) is 2. The second-order valence-electron chi connectivity index (χ2n) is 6.03. The average molecular weight is 402 g/mol. The van der Waals surface area contributed by atoms with Gasteiger partial charge in [-0.3, -0.25) is 9.52 Å². The Balaban J connectivity index is 1.88. The lowest BCUT2D eigenvalue weighted by atomic mass is 10.1. The first-order valence-electron chi connectivity index (χ1n) is 8.21. The summed E-state index contributed by atoms with van der Waals surface area (Å²) in [5.41, 5.74) is 0.950. The number of hydrogen-bond donors (Lipinski definition) is 2. The van der Waals surface area contributed by atoms with Gasteiger partial charge in [-0.1, -0.05) is 24.3 Å². The molecule has 0 saturated heterocycles. The summed E-state index contributed by atoms with van der Waals surface area (Å²) in [6, 6.07) is 15.5. The highest BCUT2D eigenvalue weighted by Gasteiger charge is 2.19. The Morgan fingerprint density at radius 2 is 1.57 bits per heavy atom. The number of aryl methyl sites for hydroxylation is 1. The molecule has 0 atom stereocenters. The summed E-state index contributed by atoms with van der Waals surface area (Å²) in [6.45, 7) is 1.61. The van der Waals surface area contributed by atoms with Crippen LogP contribution in [0.15, 0.2) is 71.6 Å². The Kier molecular flexibility index (Phi) is 5.41. The number of sulfonamides is 1. The lowest BCUT2D eigenvalue weighted by molar-refractivity contribution is 0.102. The maximum absolute atomic E-state index is 13.3. The van der Waals surface area contributed by atoms with E-state index in [0.717, 1.165) is 12.1 Å². The summed E-state index contributed by atoms with van der Waals surface area (Å²) in [4.78, 5) is 12.4. The summed E-state index contributed by atoms with van der Waals surface area (Å²) < 4.78 is 54.2. The Morgan fingerprint density at radius 3 is 2.25 bits per heavy atom. The summed E-state index contributed by atoms with van der Waals surface area (Å²) in [7, 11) is -3.92. The van der Waals surface area contributed by atoms with E-state index in [1.54, 1.807) is 37.3 Å². The van der Waals surface area contributed by atoms with Gasteiger partial charge in [0.1, 0.15) is 0 Å². The topological polar surface area (TPSA) is 75.3 Å². The van der Waals surface area contributed by atoms with Gasteiger partial charge in [-0.25, -0.2) is 17.2 Å². The molecule has 2 N–H and O–H groups in total. The van der Waals surface area contributed by atoms with E-state index in [1.165, 1.54) is 24.3 Å². The highest BCUT2D eigenvalue weighted by atomic mass is 32.2. The van der Waals surface area contributed by atoms with Crippen molar-refractivity contribution in [3.8, 4) is 0 Å². The van der Waals surface area contributed by atoms with Gasteiger partial charge in [0.25, 0.3) is 15.9 Å². The molecule has 0 fully saturated rings. The molecule has 0 bridgehead atoms. The predicted molar refractivity (Wildman–Crippen MR) is 103 cm³/mol. The lowest BCUT2D eigenvalue weighted by Gasteiger charge is -2.12. The van der Waals surface area contributed by atoms with Crippen LogP contribution in [0.5, 0.6) is 0 Å². The van der Waals surface area contributed by atoms with Gasteiger partial charge in [0.15, 0.2) is 11.6 Å². The normalized spacial score (nSPS) is 11.1. The largest absolute Gasteiger partial charge is 0.322 e. The van der Waals surface area contributed by atoms with E-state index in [4.69, 9.17) is 0 Å². The van der Waals surface area contributed by atoms with Crippen LogP contribution < -0.4 is 10.0 Å². The third-order valence-electron chi connectivity index (χ3n) is 3.94. The minimum absolute atomic E-state index is 0.0521. The molecule has 1 amide bonds. The van der Waals surface area contributed by atoms with Crippen LogP contribution in [-0.4, -0.2) is 14.3 Å². The van der Waals surface area contributed by atoms with Gasteiger partial charge in [-0.15, -0.1) is 0 Å². The molecule has 28 heavy (non-hydrogen) atoms. The summed E-state index contributed by atoms with van der Waals surface area (Å²) in [5, 5.41) is 2.41. The number of halogens is 2. The molecule has 0 radical (unpaired) electrons. The fourth-order valence-electron chi connectivity index (χ4n) is 2.52. The number of hydrogen-bond acceptors (Lipinski definition) is 3. The molecule has 0 aromatic heterocycles. The Labute approximate surface area is 161 Å². The number of rotatable bonds is 5.